The molecule has 0 spiro atoms. The molecule has 1 amide bonds. The number of sulfone groups is 1. The number of rotatable bonds is 2. The molecule has 0 aromatic rings. The number of aliphatic hydroxyl groups is 1. The van der Waals surface area contributed by atoms with Crippen molar-refractivity contribution in [1.82, 2.24) is 10.2 Å². The van der Waals surface area contributed by atoms with Gasteiger partial charge >= 0.3 is 0 Å². The maximum atomic E-state index is 12.0. The Bertz CT molecular complexity index is 409. The monoisotopic (exact) mass is 276 g/mol. The first-order chi connectivity index (χ1) is 8.46. The summed E-state index contributed by atoms with van der Waals surface area (Å²) < 4.78 is 22.9. The number of nitrogens with one attached hydrogen (secondary N) is 1. The zero-order valence-corrected chi connectivity index (χ0v) is 11.2. The largest absolute Gasteiger partial charge is 0.391 e. The fraction of sp³-hybridized carbons (Fsp3) is 0.909. The van der Waals surface area contributed by atoms with Crippen molar-refractivity contribution in [3.63, 3.8) is 0 Å². The van der Waals surface area contributed by atoms with Crippen molar-refractivity contribution in [3.05, 3.63) is 0 Å². The molecule has 0 bridgehead atoms. The van der Waals surface area contributed by atoms with Crippen LogP contribution in [0.15, 0.2) is 0 Å². The number of β-amino-alcohol motifs (C(OH)–C–C–N with tert-alkyl or cyclic N) is 1. The normalized spacial score (nSPS) is 32.2. The van der Waals surface area contributed by atoms with E-state index in [-0.39, 0.29) is 29.9 Å². The third kappa shape index (κ3) is 3.66. The molecule has 2 rings (SSSR count). The van der Waals surface area contributed by atoms with E-state index in [1.54, 1.807) is 4.90 Å². The van der Waals surface area contributed by atoms with Crippen molar-refractivity contribution in [3.8, 4) is 0 Å². The summed E-state index contributed by atoms with van der Waals surface area (Å²) >= 11 is 0. The third-order valence-electron chi connectivity index (χ3n) is 3.47. The Morgan fingerprint density at radius 3 is 2.89 bits per heavy atom. The second-order valence-electron chi connectivity index (χ2n) is 5.11. The molecule has 7 heteroatoms. The average molecular weight is 276 g/mol. The molecule has 2 aliphatic heterocycles. The molecule has 18 heavy (non-hydrogen) atoms. The van der Waals surface area contributed by atoms with Gasteiger partial charge in [0.1, 0.15) is 0 Å². The summed E-state index contributed by atoms with van der Waals surface area (Å²) in [6, 6.07) is -0.282. The molecule has 2 aliphatic rings. The van der Waals surface area contributed by atoms with Gasteiger partial charge in [-0.15, -0.1) is 0 Å². The van der Waals surface area contributed by atoms with Crippen LogP contribution in [0.2, 0.25) is 0 Å². The summed E-state index contributed by atoms with van der Waals surface area (Å²) in [5, 5.41) is 12.6. The number of nitrogens with zero attached hydrogens (tertiary/aromatic N) is 1. The van der Waals surface area contributed by atoms with Gasteiger partial charge in [0.15, 0.2) is 9.84 Å². The van der Waals surface area contributed by atoms with Crippen molar-refractivity contribution in [2.75, 3.05) is 31.1 Å². The second-order valence-corrected chi connectivity index (χ2v) is 7.33. The van der Waals surface area contributed by atoms with Gasteiger partial charge in [-0.1, -0.05) is 0 Å². The number of amides is 1. The van der Waals surface area contributed by atoms with Crippen LogP contribution < -0.4 is 5.32 Å². The lowest BCUT2D eigenvalue weighted by Crippen LogP contribution is -2.49. The summed E-state index contributed by atoms with van der Waals surface area (Å²) in [5.74, 6) is 0.123. The molecule has 0 aromatic heterocycles. The Labute approximate surface area is 107 Å². The van der Waals surface area contributed by atoms with Crippen molar-refractivity contribution in [2.24, 2.45) is 0 Å². The van der Waals surface area contributed by atoms with Gasteiger partial charge in [0.05, 0.1) is 17.6 Å². The van der Waals surface area contributed by atoms with Gasteiger partial charge in [0.2, 0.25) is 5.91 Å². The lowest BCUT2D eigenvalue weighted by atomic mass is 10.1. The number of aliphatic hydroxyl groups excluding tert-OH is 1. The minimum atomic E-state index is -3.00. The Morgan fingerprint density at radius 2 is 2.22 bits per heavy atom. The zero-order chi connectivity index (χ0) is 13.2. The van der Waals surface area contributed by atoms with E-state index in [0.29, 0.717) is 19.6 Å². The molecule has 0 aliphatic carbocycles. The molecule has 2 unspecified atom stereocenters. The van der Waals surface area contributed by atoms with Gasteiger partial charge in [0, 0.05) is 32.1 Å². The van der Waals surface area contributed by atoms with Gasteiger partial charge in [-0.3, -0.25) is 4.79 Å². The van der Waals surface area contributed by atoms with E-state index in [1.807, 2.05) is 0 Å². The zero-order valence-electron chi connectivity index (χ0n) is 10.3. The van der Waals surface area contributed by atoms with E-state index in [4.69, 9.17) is 0 Å². The van der Waals surface area contributed by atoms with Crippen LogP contribution >= 0.6 is 0 Å². The maximum Gasteiger partial charge on any atom is 0.224 e. The van der Waals surface area contributed by atoms with E-state index < -0.39 is 15.9 Å². The SMILES string of the molecule is O=C(CC1CS(=O)(=O)CCN1)N1CCCC(O)C1. The van der Waals surface area contributed by atoms with Crippen LogP contribution in [-0.2, 0) is 14.6 Å². The molecule has 2 saturated heterocycles. The van der Waals surface area contributed by atoms with Crippen LogP contribution in [0, 0.1) is 0 Å². The molecule has 0 aromatic carbocycles. The Hall–Kier alpha value is -0.660. The molecule has 2 N–H and O–H groups in total. The molecule has 0 saturated carbocycles. The highest BCUT2D eigenvalue weighted by Crippen LogP contribution is 2.13. The number of hydrogen-bond acceptors (Lipinski definition) is 5. The first kappa shape index (κ1) is 13.8. The number of likely N-dealkylation sites (tertiary alicyclic amines) is 1. The van der Waals surface area contributed by atoms with E-state index in [9.17, 15) is 18.3 Å². The van der Waals surface area contributed by atoms with Crippen LogP contribution in [0.4, 0.5) is 0 Å². The van der Waals surface area contributed by atoms with E-state index >= 15 is 0 Å². The van der Waals surface area contributed by atoms with Crippen molar-refractivity contribution >= 4 is 15.7 Å². The number of carbonyl (C=O) groups is 1. The van der Waals surface area contributed by atoms with Crippen LogP contribution in [0.25, 0.3) is 0 Å². The minimum Gasteiger partial charge on any atom is -0.391 e. The molecule has 2 fully saturated rings. The highest BCUT2D eigenvalue weighted by molar-refractivity contribution is 7.91. The average Bonchev–Trinajstić information content (AvgIpc) is 2.27. The lowest BCUT2D eigenvalue weighted by Gasteiger charge is -2.32. The highest BCUT2D eigenvalue weighted by atomic mass is 32.2. The van der Waals surface area contributed by atoms with Gasteiger partial charge < -0.3 is 15.3 Å². The summed E-state index contributed by atoms with van der Waals surface area (Å²) in [5.41, 5.74) is 0. The Balaban J connectivity index is 1.87. The lowest BCUT2D eigenvalue weighted by molar-refractivity contribution is -0.134. The van der Waals surface area contributed by atoms with E-state index in [1.165, 1.54) is 0 Å². The van der Waals surface area contributed by atoms with Crippen molar-refractivity contribution in [1.29, 1.82) is 0 Å². The quantitative estimate of drug-likeness (QED) is 0.658. The summed E-state index contributed by atoms with van der Waals surface area (Å²) in [6.45, 7) is 1.45. The first-order valence-electron chi connectivity index (χ1n) is 6.36. The smallest absolute Gasteiger partial charge is 0.224 e. The first-order valence-corrected chi connectivity index (χ1v) is 8.18. The summed E-state index contributed by atoms with van der Waals surface area (Å²) in [7, 11) is -3.00. The number of piperidine rings is 1. The molecule has 104 valence electrons. The topological polar surface area (TPSA) is 86.7 Å². The fourth-order valence-corrected chi connectivity index (χ4v) is 3.96. The van der Waals surface area contributed by atoms with Gasteiger partial charge in [-0.2, -0.15) is 0 Å². The van der Waals surface area contributed by atoms with Gasteiger partial charge in [-0.25, -0.2) is 8.42 Å². The molecule has 2 heterocycles. The summed E-state index contributed by atoms with van der Waals surface area (Å²) in [4.78, 5) is 13.6. The van der Waals surface area contributed by atoms with Crippen LogP contribution in [0.3, 0.4) is 0 Å². The minimum absolute atomic E-state index is 0.0368. The molecular weight excluding hydrogens is 256 g/mol. The van der Waals surface area contributed by atoms with Crippen molar-refractivity contribution in [2.45, 2.75) is 31.4 Å². The number of hydrogen-bond donors (Lipinski definition) is 2. The molecule has 6 nitrogen and oxygen atoms in total. The predicted octanol–water partition coefficient (Wildman–Crippen LogP) is -1.25. The van der Waals surface area contributed by atoms with Crippen LogP contribution in [0.1, 0.15) is 19.3 Å². The maximum absolute atomic E-state index is 12.0. The number of carbonyl (C=O) groups excluding carboxylic acids is 1. The Kier molecular flexibility index (Phi) is 4.24. The highest BCUT2D eigenvalue weighted by Gasteiger charge is 2.29. The second kappa shape index (κ2) is 5.54. The van der Waals surface area contributed by atoms with Crippen molar-refractivity contribution < 1.29 is 18.3 Å². The third-order valence-corrected chi connectivity index (χ3v) is 5.21. The summed E-state index contributed by atoms with van der Waals surface area (Å²) in [6.07, 6.45) is 1.31. The fourth-order valence-electron chi connectivity index (χ4n) is 2.52. The van der Waals surface area contributed by atoms with Crippen LogP contribution in [0.5, 0.6) is 0 Å². The Morgan fingerprint density at radius 1 is 1.44 bits per heavy atom. The molecule has 0 radical (unpaired) electrons. The van der Waals surface area contributed by atoms with Crippen LogP contribution in [-0.4, -0.2) is 67.6 Å². The van der Waals surface area contributed by atoms with E-state index in [0.717, 1.165) is 12.8 Å². The predicted molar refractivity (Wildman–Crippen MR) is 66.9 cm³/mol. The standard InChI is InChI=1S/C11H20N2O4S/c14-10-2-1-4-13(7-10)11(15)6-9-8-18(16,17)5-3-12-9/h9-10,12,14H,1-8H2. The van der Waals surface area contributed by atoms with Gasteiger partial charge in [0.25, 0.3) is 0 Å². The molecular formula is C11H20N2O4S. The van der Waals surface area contributed by atoms with Gasteiger partial charge in [-0.05, 0) is 12.8 Å². The molecule has 2 atom stereocenters. The van der Waals surface area contributed by atoms with E-state index in [2.05, 4.69) is 5.32 Å².